The van der Waals surface area contributed by atoms with Gasteiger partial charge in [0.2, 0.25) is 0 Å². The number of rotatable bonds is 4. The van der Waals surface area contributed by atoms with Gasteiger partial charge in [0.15, 0.2) is 0 Å². The topological polar surface area (TPSA) is 35.2 Å². The summed E-state index contributed by atoms with van der Waals surface area (Å²) in [6, 6.07) is 7.75. The van der Waals surface area contributed by atoms with E-state index in [1.54, 1.807) is 0 Å². The van der Waals surface area contributed by atoms with E-state index in [-0.39, 0.29) is 0 Å². The van der Waals surface area contributed by atoms with E-state index < -0.39 is 0 Å². The summed E-state index contributed by atoms with van der Waals surface area (Å²) in [5, 5.41) is 0. The lowest BCUT2D eigenvalue weighted by Crippen LogP contribution is -2.47. The SMILES string of the molecule is C=C(COc1ccccc1N)C12CC3CC(CC(C3)C1)C2. The summed E-state index contributed by atoms with van der Waals surface area (Å²) in [4.78, 5) is 0. The maximum atomic E-state index is 5.96. The van der Waals surface area contributed by atoms with E-state index in [0.29, 0.717) is 12.0 Å². The smallest absolute Gasteiger partial charge is 0.142 e. The molecule has 0 atom stereocenters. The highest BCUT2D eigenvalue weighted by Crippen LogP contribution is 2.62. The van der Waals surface area contributed by atoms with E-state index in [0.717, 1.165) is 29.2 Å². The molecule has 0 saturated heterocycles. The summed E-state index contributed by atoms with van der Waals surface area (Å²) in [6.07, 6.45) is 8.47. The largest absolute Gasteiger partial charge is 0.487 e. The molecule has 1 aromatic rings. The van der Waals surface area contributed by atoms with Gasteiger partial charge in [0.25, 0.3) is 0 Å². The van der Waals surface area contributed by atoms with Crippen molar-refractivity contribution in [3.8, 4) is 5.75 Å². The summed E-state index contributed by atoms with van der Waals surface area (Å²) < 4.78 is 5.96. The average molecular weight is 283 g/mol. The quantitative estimate of drug-likeness (QED) is 0.655. The van der Waals surface area contributed by atoms with Gasteiger partial charge in [-0.15, -0.1) is 0 Å². The highest BCUT2D eigenvalue weighted by molar-refractivity contribution is 5.51. The average Bonchev–Trinajstić information content (AvgIpc) is 2.44. The Morgan fingerprint density at radius 2 is 1.67 bits per heavy atom. The standard InChI is InChI=1S/C19H25NO/c1-13(12-21-18-5-3-2-4-17(18)20)19-9-14-6-15(10-19)8-16(7-14)11-19/h2-5,14-16H,1,6-12,20H2. The van der Waals surface area contributed by atoms with Crippen LogP contribution in [0.4, 0.5) is 5.69 Å². The Balaban J connectivity index is 1.47. The van der Waals surface area contributed by atoms with Gasteiger partial charge in [-0.3, -0.25) is 0 Å². The van der Waals surface area contributed by atoms with Crippen LogP contribution in [0.3, 0.4) is 0 Å². The summed E-state index contributed by atoms with van der Waals surface area (Å²) in [6.45, 7) is 5.05. The van der Waals surface area contributed by atoms with Crippen molar-refractivity contribution in [1.82, 2.24) is 0 Å². The van der Waals surface area contributed by atoms with Crippen LogP contribution in [-0.4, -0.2) is 6.61 Å². The van der Waals surface area contributed by atoms with Gasteiger partial charge in [0, 0.05) is 0 Å². The zero-order chi connectivity index (χ0) is 14.4. The zero-order valence-corrected chi connectivity index (χ0v) is 12.7. The first-order valence-electron chi connectivity index (χ1n) is 8.30. The predicted octanol–water partition coefficient (Wildman–Crippen LogP) is 4.42. The fourth-order valence-corrected chi connectivity index (χ4v) is 5.47. The molecule has 1 aromatic carbocycles. The van der Waals surface area contributed by atoms with E-state index in [9.17, 15) is 0 Å². The number of nitrogens with two attached hydrogens (primary N) is 1. The molecule has 4 fully saturated rings. The summed E-state index contributed by atoms with van der Waals surface area (Å²) in [7, 11) is 0. The summed E-state index contributed by atoms with van der Waals surface area (Å²) in [5.74, 6) is 3.66. The molecule has 0 radical (unpaired) electrons. The molecule has 0 unspecified atom stereocenters. The van der Waals surface area contributed by atoms with Gasteiger partial charge < -0.3 is 10.5 Å². The van der Waals surface area contributed by atoms with E-state index in [2.05, 4.69) is 6.58 Å². The van der Waals surface area contributed by atoms with Crippen molar-refractivity contribution in [3.05, 3.63) is 36.4 Å². The lowest BCUT2D eigenvalue weighted by Gasteiger charge is -2.57. The zero-order valence-electron chi connectivity index (χ0n) is 12.7. The van der Waals surface area contributed by atoms with Gasteiger partial charge in [-0.2, -0.15) is 0 Å². The molecule has 2 N–H and O–H groups in total. The first-order chi connectivity index (χ1) is 10.1. The molecule has 2 heteroatoms. The Bertz CT molecular complexity index is 527. The van der Waals surface area contributed by atoms with Crippen LogP contribution in [0, 0.1) is 23.2 Å². The van der Waals surface area contributed by atoms with Crippen molar-refractivity contribution in [1.29, 1.82) is 0 Å². The van der Waals surface area contributed by atoms with Gasteiger partial charge in [0.1, 0.15) is 12.4 Å². The van der Waals surface area contributed by atoms with E-state index in [4.69, 9.17) is 10.5 Å². The van der Waals surface area contributed by atoms with Gasteiger partial charge in [-0.25, -0.2) is 0 Å². The van der Waals surface area contributed by atoms with Crippen LogP contribution in [0.1, 0.15) is 38.5 Å². The van der Waals surface area contributed by atoms with Crippen molar-refractivity contribution in [2.45, 2.75) is 38.5 Å². The highest BCUT2D eigenvalue weighted by Gasteiger charge is 2.51. The Hall–Kier alpha value is -1.44. The number of nitrogen functional groups attached to an aromatic ring is 1. The molecule has 4 saturated carbocycles. The van der Waals surface area contributed by atoms with Crippen LogP contribution in [0.5, 0.6) is 5.75 Å². The maximum absolute atomic E-state index is 5.96. The first-order valence-corrected chi connectivity index (χ1v) is 8.30. The van der Waals surface area contributed by atoms with E-state index in [1.807, 2.05) is 24.3 Å². The molecule has 2 nitrogen and oxygen atoms in total. The van der Waals surface area contributed by atoms with Crippen LogP contribution in [0.25, 0.3) is 0 Å². The highest BCUT2D eigenvalue weighted by atomic mass is 16.5. The molecule has 112 valence electrons. The Morgan fingerprint density at radius 3 is 2.24 bits per heavy atom. The minimum Gasteiger partial charge on any atom is -0.487 e. The van der Waals surface area contributed by atoms with Crippen molar-refractivity contribution in [2.75, 3.05) is 12.3 Å². The third-order valence-corrected chi connectivity index (χ3v) is 6.11. The van der Waals surface area contributed by atoms with Gasteiger partial charge >= 0.3 is 0 Å². The molecule has 4 aliphatic rings. The third-order valence-electron chi connectivity index (χ3n) is 6.11. The Kier molecular flexibility index (Phi) is 3.02. The second-order valence-electron chi connectivity index (χ2n) is 7.63. The van der Waals surface area contributed by atoms with Crippen LogP contribution in [0.15, 0.2) is 36.4 Å². The predicted molar refractivity (Wildman–Crippen MR) is 86.1 cm³/mol. The monoisotopic (exact) mass is 283 g/mol. The van der Waals surface area contributed by atoms with Crippen LogP contribution < -0.4 is 10.5 Å². The number of ether oxygens (including phenoxy) is 1. The number of hydrogen-bond donors (Lipinski definition) is 1. The van der Waals surface area contributed by atoms with Gasteiger partial charge in [-0.1, -0.05) is 18.7 Å². The molecule has 5 rings (SSSR count). The fraction of sp³-hybridized carbons (Fsp3) is 0.579. The van der Waals surface area contributed by atoms with Crippen molar-refractivity contribution >= 4 is 5.69 Å². The van der Waals surface area contributed by atoms with Crippen LogP contribution >= 0.6 is 0 Å². The fourth-order valence-electron chi connectivity index (χ4n) is 5.47. The third kappa shape index (κ3) is 2.25. The minimum atomic E-state index is 0.373. The number of anilines is 1. The Morgan fingerprint density at radius 1 is 1.10 bits per heavy atom. The lowest BCUT2D eigenvalue weighted by molar-refractivity contribution is -0.0340. The number of para-hydroxylation sites is 2. The molecule has 4 aliphatic carbocycles. The number of hydrogen-bond acceptors (Lipinski definition) is 2. The first kappa shape index (κ1) is 13.2. The molecule has 0 aromatic heterocycles. The minimum absolute atomic E-state index is 0.373. The molecular weight excluding hydrogens is 258 g/mol. The number of benzene rings is 1. The molecular formula is C19H25NO. The molecule has 0 amide bonds. The lowest BCUT2D eigenvalue weighted by atomic mass is 9.48. The van der Waals surface area contributed by atoms with E-state index in [1.165, 1.54) is 44.1 Å². The molecule has 0 heterocycles. The maximum Gasteiger partial charge on any atom is 0.142 e. The van der Waals surface area contributed by atoms with Gasteiger partial charge in [0.05, 0.1) is 5.69 Å². The summed E-state index contributed by atoms with van der Waals surface area (Å²) >= 11 is 0. The molecule has 4 bridgehead atoms. The van der Waals surface area contributed by atoms with Crippen LogP contribution in [-0.2, 0) is 0 Å². The normalized spacial score (nSPS) is 36.7. The van der Waals surface area contributed by atoms with Crippen molar-refractivity contribution in [2.24, 2.45) is 23.2 Å². The second-order valence-corrected chi connectivity index (χ2v) is 7.63. The van der Waals surface area contributed by atoms with Crippen LogP contribution in [0.2, 0.25) is 0 Å². The molecule has 0 aliphatic heterocycles. The molecule has 0 spiro atoms. The molecule has 21 heavy (non-hydrogen) atoms. The Labute approximate surface area is 127 Å². The van der Waals surface area contributed by atoms with E-state index >= 15 is 0 Å². The van der Waals surface area contributed by atoms with Crippen molar-refractivity contribution in [3.63, 3.8) is 0 Å². The second kappa shape index (κ2) is 4.79. The van der Waals surface area contributed by atoms with Gasteiger partial charge in [-0.05, 0) is 79.4 Å². The summed E-state index contributed by atoms with van der Waals surface area (Å²) in [5.41, 5.74) is 8.36. The van der Waals surface area contributed by atoms with Crippen molar-refractivity contribution < 1.29 is 4.74 Å².